The first kappa shape index (κ1) is 15.0. The second-order valence-electron chi connectivity index (χ2n) is 5.26. The van der Waals surface area contributed by atoms with Crippen LogP contribution in [0.5, 0.6) is 0 Å². The van der Waals surface area contributed by atoms with Crippen molar-refractivity contribution in [3.05, 3.63) is 0 Å². The van der Waals surface area contributed by atoms with Crippen LogP contribution in [0.1, 0.15) is 39.5 Å². The van der Waals surface area contributed by atoms with E-state index in [0.29, 0.717) is 5.92 Å². The molecule has 0 unspecified atom stereocenters. The van der Waals surface area contributed by atoms with Crippen molar-refractivity contribution in [2.45, 2.75) is 51.6 Å². The van der Waals surface area contributed by atoms with Gasteiger partial charge in [-0.1, -0.05) is 13.8 Å². The maximum atomic E-state index is 12.0. The molecule has 0 aromatic rings. The first-order chi connectivity index (χ1) is 8.52. The van der Waals surface area contributed by atoms with Gasteiger partial charge in [0.25, 0.3) is 0 Å². The van der Waals surface area contributed by atoms with E-state index in [1.54, 1.807) is 0 Å². The smallest absolute Gasteiger partial charge is 0.307 e. The van der Waals surface area contributed by atoms with E-state index in [4.69, 9.17) is 0 Å². The third-order valence-corrected chi connectivity index (χ3v) is 3.12. The van der Waals surface area contributed by atoms with Gasteiger partial charge in [-0.25, -0.2) is 0 Å². The summed E-state index contributed by atoms with van der Waals surface area (Å²) in [6.45, 7) is 5.04. The standard InChI is InChI=1S/C13H24N2O3/c1-9(2)7-10(8-12(16)18-3)15-13(17)11-5-4-6-14-11/h9-11,14H,4-8H2,1-3H3,(H,15,17)/t10-,11-/m0/s1. The van der Waals surface area contributed by atoms with Gasteiger partial charge in [-0.15, -0.1) is 0 Å². The molecule has 0 aromatic heterocycles. The van der Waals surface area contributed by atoms with Crippen LogP contribution in [0.25, 0.3) is 0 Å². The lowest BCUT2D eigenvalue weighted by atomic mass is 10.0. The van der Waals surface area contributed by atoms with E-state index in [1.807, 2.05) is 0 Å². The zero-order chi connectivity index (χ0) is 13.5. The quantitative estimate of drug-likeness (QED) is 0.691. The minimum Gasteiger partial charge on any atom is -0.469 e. The van der Waals surface area contributed by atoms with Crippen molar-refractivity contribution in [2.75, 3.05) is 13.7 Å². The fraction of sp³-hybridized carbons (Fsp3) is 0.846. The minimum absolute atomic E-state index is 0.00190. The molecule has 0 radical (unpaired) electrons. The number of nitrogens with one attached hydrogen (secondary N) is 2. The molecule has 0 saturated carbocycles. The van der Waals surface area contributed by atoms with Crippen molar-refractivity contribution in [2.24, 2.45) is 5.92 Å². The number of ether oxygens (including phenoxy) is 1. The van der Waals surface area contributed by atoms with Gasteiger partial charge in [-0.05, 0) is 31.7 Å². The summed E-state index contributed by atoms with van der Waals surface area (Å²) in [6, 6.07) is -0.232. The number of amides is 1. The van der Waals surface area contributed by atoms with Gasteiger partial charge in [0.15, 0.2) is 0 Å². The van der Waals surface area contributed by atoms with Crippen LogP contribution in [0.4, 0.5) is 0 Å². The summed E-state index contributed by atoms with van der Waals surface area (Å²) >= 11 is 0. The largest absolute Gasteiger partial charge is 0.469 e. The molecule has 0 bridgehead atoms. The molecule has 5 heteroatoms. The predicted octanol–water partition coefficient (Wildman–Crippen LogP) is 0.832. The number of carbonyl (C=O) groups excluding carboxylic acids is 2. The summed E-state index contributed by atoms with van der Waals surface area (Å²) in [5.41, 5.74) is 0. The molecule has 1 aliphatic heterocycles. The van der Waals surface area contributed by atoms with E-state index in [-0.39, 0.29) is 30.4 Å². The van der Waals surface area contributed by atoms with E-state index in [1.165, 1.54) is 7.11 Å². The summed E-state index contributed by atoms with van der Waals surface area (Å²) in [5, 5.41) is 6.11. The van der Waals surface area contributed by atoms with Crippen molar-refractivity contribution < 1.29 is 14.3 Å². The van der Waals surface area contributed by atoms with Gasteiger partial charge in [-0.3, -0.25) is 9.59 Å². The number of esters is 1. The average Bonchev–Trinajstić information content (AvgIpc) is 2.81. The fourth-order valence-electron chi connectivity index (χ4n) is 2.26. The molecular weight excluding hydrogens is 232 g/mol. The molecule has 2 N–H and O–H groups in total. The van der Waals surface area contributed by atoms with Gasteiger partial charge in [0.1, 0.15) is 0 Å². The molecule has 0 aliphatic carbocycles. The highest BCUT2D eigenvalue weighted by Crippen LogP contribution is 2.11. The van der Waals surface area contributed by atoms with Crippen molar-refractivity contribution in [3.63, 3.8) is 0 Å². The number of rotatable bonds is 6. The van der Waals surface area contributed by atoms with Crippen molar-refractivity contribution in [1.82, 2.24) is 10.6 Å². The van der Waals surface area contributed by atoms with E-state index >= 15 is 0 Å². The zero-order valence-corrected chi connectivity index (χ0v) is 11.5. The minimum atomic E-state index is -0.277. The van der Waals surface area contributed by atoms with E-state index < -0.39 is 0 Å². The molecule has 1 rings (SSSR count). The highest BCUT2D eigenvalue weighted by Gasteiger charge is 2.25. The SMILES string of the molecule is COC(=O)C[C@H](CC(C)C)NC(=O)[C@@H]1CCCN1. The van der Waals surface area contributed by atoms with E-state index in [9.17, 15) is 9.59 Å². The van der Waals surface area contributed by atoms with E-state index in [0.717, 1.165) is 25.8 Å². The fourth-order valence-corrected chi connectivity index (χ4v) is 2.26. The number of carbonyl (C=O) groups is 2. The predicted molar refractivity (Wildman–Crippen MR) is 69.0 cm³/mol. The summed E-state index contributed by atoms with van der Waals surface area (Å²) in [6.07, 6.45) is 2.93. The van der Waals surface area contributed by atoms with Gasteiger partial charge in [0, 0.05) is 6.04 Å². The number of methoxy groups -OCH3 is 1. The Morgan fingerprint density at radius 1 is 1.44 bits per heavy atom. The molecule has 1 fully saturated rings. The van der Waals surface area contributed by atoms with Gasteiger partial charge >= 0.3 is 5.97 Å². The van der Waals surface area contributed by atoms with Crippen LogP contribution in [0.3, 0.4) is 0 Å². The second kappa shape index (κ2) is 7.36. The molecule has 104 valence electrons. The normalized spacial score (nSPS) is 20.8. The molecule has 18 heavy (non-hydrogen) atoms. The topological polar surface area (TPSA) is 67.4 Å². The van der Waals surface area contributed by atoms with Gasteiger partial charge in [-0.2, -0.15) is 0 Å². The molecule has 1 aliphatic rings. The maximum absolute atomic E-state index is 12.0. The van der Waals surface area contributed by atoms with Crippen LogP contribution in [-0.4, -0.2) is 37.6 Å². The highest BCUT2D eigenvalue weighted by atomic mass is 16.5. The highest BCUT2D eigenvalue weighted by molar-refractivity contribution is 5.83. The Hall–Kier alpha value is -1.10. The Labute approximate surface area is 109 Å². The molecule has 0 aromatic carbocycles. The van der Waals surface area contributed by atoms with Crippen molar-refractivity contribution in [1.29, 1.82) is 0 Å². The van der Waals surface area contributed by atoms with E-state index in [2.05, 4.69) is 29.2 Å². The zero-order valence-electron chi connectivity index (χ0n) is 11.5. The molecule has 1 saturated heterocycles. The third-order valence-electron chi connectivity index (χ3n) is 3.12. The van der Waals surface area contributed by atoms with Gasteiger partial charge < -0.3 is 15.4 Å². The van der Waals surface area contributed by atoms with Gasteiger partial charge in [0.05, 0.1) is 19.6 Å². The van der Waals surface area contributed by atoms with Crippen LogP contribution < -0.4 is 10.6 Å². The Kier molecular flexibility index (Phi) is 6.12. The average molecular weight is 256 g/mol. The number of hydrogen-bond donors (Lipinski definition) is 2. The summed E-state index contributed by atoms with van der Waals surface area (Å²) in [4.78, 5) is 23.3. The lowest BCUT2D eigenvalue weighted by Gasteiger charge is -2.21. The lowest BCUT2D eigenvalue weighted by Crippen LogP contribution is -2.46. The van der Waals surface area contributed by atoms with Crippen molar-refractivity contribution in [3.8, 4) is 0 Å². The van der Waals surface area contributed by atoms with Crippen LogP contribution in [0.15, 0.2) is 0 Å². The summed E-state index contributed by atoms with van der Waals surface area (Å²) in [7, 11) is 1.37. The van der Waals surface area contributed by atoms with Crippen LogP contribution in [0, 0.1) is 5.92 Å². The summed E-state index contributed by atoms with van der Waals surface area (Å²) < 4.78 is 4.66. The Morgan fingerprint density at radius 3 is 2.67 bits per heavy atom. The maximum Gasteiger partial charge on any atom is 0.307 e. The monoisotopic (exact) mass is 256 g/mol. The molecule has 1 amide bonds. The van der Waals surface area contributed by atoms with Crippen LogP contribution in [-0.2, 0) is 14.3 Å². The molecular formula is C13H24N2O3. The van der Waals surface area contributed by atoms with Crippen LogP contribution >= 0.6 is 0 Å². The second-order valence-corrected chi connectivity index (χ2v) is 5.26. The summed E-state index contributed by atoms with van der Waals surface area (Å²) in [5.74, 6) is 0.152. The lowest BCUT2D eigenvalue weighted by molar-refractivity contribution is -0.141. The molecule has 5 nitrogen and oxygen atoms in total. The molecule has 0 spiro atoms. The first-order valence-electron chi connectivity index (χ1n) is 6.63. The van der Waals surface area contributed by atoms with Gasteiger partial charge in [0.2, 0.25) is 5.91 Å². The third kappa shape index (κ3) is 5.04. The van der Waals surface area contributed by atoms with Crippen molar-refractivity contribution >= 4 is 11.9 Å². The Bertz CT molecular complexity index is 286. The first-order valence-corrected chi connectivity index (χ1v) is 6.63. The molecule has 1 heterocycles. The Balaban J connectivity index is 2.48. The van der Waals surface area contributed by atoms with Crippen LogP contribution in [0.2, 0.25) is 0 Å². The number of hydrogen-bond acceptors (Lipinski definition) is 4. The Morgan fingerprint density at radius 2 is 2.17 bits per heavy atom. The molecule has 2 atom stereocenters.